The van der Waals surface area contributed by atoms with Crippen LogP contribution in [-0.4, -0.2) is 67.7 Å². The van der Waals surface area contributed by atoms with Crippen LogP contribution < -0.4 is 0 Å². The van der Waals surface area contributed by atoms with Crippen molar-refractivity contribution in [1.29, 1.82) is 5.26 Å². The van der Waals surface area contributed by atoms with Gasteiger partial charge in [-0.1, -0.05) is 32.9 Å². The van der Waals surface area contributed by atoms with Crippen LogP contribution in [0.4, 0.5) is 0 Å². The molecule has 1 aliphatic heterocycles. The zero-order valence-corrected chi connectivity index (χ0v) is 20.3. The molecule has 0 radical (unpaired) electrons. The van der Waals surface area contributed by atoms with Crippen molar-refractivity contribution >= 4 is 39.0 Å². The molecule has 1 aromatic carbocycles. The summed E-state index contributed by atoms with van der Waals surface area (Å²) in [6.07, 6.45) is -0.890. The largest absolute Gasteiger partial charge is 0.394 e. The van der Waals surface area contributed by atoms with Gasteiger partial charge in [-0.3, -0.25) is 0 Å². The molecule has 1 fully saturated rings. The molecule has 1 aliphatic rings. The minimum atomic E-state index is -1.09. The van der Waals surface area contributed by atoms with Gasteiger partial charge >= 0.3 is 0 Å². The van der Waals surface area contributed by atoms with Gasteiger partial charge in [0.05, 0.1) is 18.4 Å². The van der Waals surface area contributed by atoms with Gasteiger partial charge in [-0.05, 0) is 25.1 Å². The molecule has 2 N–H and O–H groups in total. The van der Waals surface area contributed by atoms with E-state index < -0.39 is 29.8 Å². The zero-order chi connectivity index (χ0) is 22.8. The Hall–Kier alpha value is -1.85. The molecule has 32 heavy (non-hydrogen) atoms. The van der Waals surface area contributed by atoms with Crippen LogP contribution in [0.1, 0.15) is 17.3 Å². The SMILES string of the molecule is COC1C(Sc2cc(Br)ccc2C#N)OC(CO)C(O)C1n1cc(-c2nc(C)cs2)nn1. The number of ether oxygens (including phenoxy) is 2. The van der Waals surface area contributed by atoms with Crippen molar-refractivity contribution < 1.29 is 19.7 Å². The Kier molecular flexibility index (Phi) is 7.26. The fraction of sp³-hybridized carbons (Fsp3) is 0.400. The van der Waals surface area contributed by atoms with E-state index in [2.05, 4.69) is 37.3 Å². The lowest BCUT2D eigenvalue weighted by atomic mass is 9.97. The van der Waals surface area contributed by atoms with Gasteiger partial charge in [-0.25, -0.2) is 9.67 Å². The maximum Gasteiger partial charge on any atom is 0.145 e. The second-order valence-corrected chi connectivity index (χ2v) is 10.1. The third-order valence-corrected chi connectivity index (χ3v) is 7.74. The second kappa shape index (κ2) is 9.96. The smallest absolute Gasteiger partial charge is 0.145 e. The maximum atomic E-state index is 11.0. The molecule has 0 aliphatic carbocycles. The van der Waals surface area contributed by atoms with Crippen molar-refractivity contribution in [1.82, 2.24) is 20.0 Å². The van der Waals surface area contributed by atoms with E-state index >= 15 is 0 Å². The summed E-state index contributed by atoms with van der Waals surface area (Å²) in [7, 11) is 1.52. The Labute approximate surface area is 201 Å². The third-order valence-electron chi connectivity index (χ3n) is 5.06. The lowest BCUT2D eigenvalue weighted by molar-refractivity contribution is -0.186. The zero-order valence-electron chi connectivity index (χ0n) is 17.1. The Morgan fingerprint density at radius 1 is 1.44 bits per heavy atom. The molecule has 9 nitrogen and oxygen atoms in total. The Morgan fingerprint density at radius 3 is 2.91 bits per heavy atom. The minimum absolute atomic E-state index is 0.387. The highest BCUT2D eigenvalue weighted by Crippen LogP contribution is 2.41. The van der Waals surface area contributed by atoms with Crippen LogP contribution in [0.25, 0.3) is 10.7 Å². The number of benzene rings is 1. The number of aryl methyl sites for hydroxylation is 1. The van der Waals surface area contributed by atoms with Gasteiger partial charge in [-0.15, -0.1) is 16.4 Å². The highest BCUT2D eigenvalue weighted by molar-refractivity contribution is 9.10. The number of aliphatic hydroxyl groups is 2. The maximum absolute atomic E-state index is 11.0. The molecule has 2 aromatic heterocycles. The fourth-order valence-corrected chi connectivity index (χ4v) is 6.06. The standard InChI is InChI=1S/C20H20BrN5O4S2/c1-10-9-31-19(23-10)13-7-26(25-24-13)16-17(28)14(8-27)30-20(18(16)29-2)32-15-5-12(21)4-3-11(15)6-22/h3-5,7,9,14,16-18,20,27-28H,8H2,1-2H3. The van der Waals surface area contributed by atoms with Gasteiger partial charge in [0.2, 0.25) is 0 Å². The van der Waals surface area contributed by atoms with Gasteiger partial charge < -0.3 is 19.7 Å². The van der Waals surface area contributed by atoms with Gasteiger partial charge in [-0.2, -0.15) is 5.26 Å². The molecule has 0 bridgehead atoms. The van der Waals surface area contributed by atoms with E-state index in [-0.39, 0.29) is 6.61 Å². The van der Waals surface area contributed by atoms with Crippen molar-refractivity contribution in [3.63, 3.8) is 0 Å². The van der Waals surface area contributed by atoms with Gasteiger partial charge in [0.25, 0.3) is 0 Å². The van der Waals surface area contributed by atoms with E-state index in [4.69, 9.17) is 9.47 Å². The third kappa shape index (κ3) is 4.60. The molecule has 1 saturated heterocycles. The number of halogens is 1. The molecule has 168 valence electrons. The first kappa shape index (κ1) is 23.3. The summed E-state index contributed by atoms with van der Waals surface area (Å²) < 4.78 is 14.1. The molecule has 4 rings (SSSR count). The lowest BCUT2D eigenvalue weighted by Gasteiger charge is -2.43. The minimum Gasteiger partial charge on any atom is -0.394 e. The summed E-state index contributed by atoms with van der Waals surface area (Å²) >= 11 is 6.18. The van der Waals surface area contributed by atoms with E-state index in [1.54, 1.807) is 18.3 Å². The molecule has 0 saturated carbocycles. The van der Waals surface area contributed by atoms with Gasteiger partial charge in [0.1, 0.15) is 46.6 Å². The first-order valence-electron chi connectivity index (χ1n) is 9.63. The molecule has 5 atom stereocenters. The Morgan fingerprint density at radius 2 is 2.25 bits per heavy atom. The van der Waals surface area contributed by atoms with Crippen LogP contribution in [0.2, 0.25) is 0 Å². The number of nitriles is 1. The van der Waals surface area contributed by atoms with Crippen LogP contribution in [0.5, 0.6) is 0 Å². The highest BCUT2D eigenvalue weighted by atomic mass is 79.9. The lowest BCUT2D eigenvalue weighted by Crippen LogP contribution is -2.55. The summed E-state index contributed by atoms with van der Waals surface area (Å²) in [5.74, 6) is 0. The molecule has 12 heteroatoms. The molecular formula is C20H20BrN5O4S2. The summed E-state index contributed by atoms with van der Waals surface area (Å²) in [5, 5.41) is 41.4. The summed E-state index contributed by atoms with van der Waals surface area (Å²) in [5.41, 5.74) is 1.34. The van der Waals surface area contributed by atoms with Crippen molar-refractivity contribution in [2.24, 2.45) is 0 Å². The molecule has 0 amide bonds. The summed E-state index contributed by atoms with van der Waals surface area (Å²) in [4.78, 5) is 5.12. The number of aromatic nitrogens is 4. The van der Waals surface area contributed by atoms with E-state index in [0.29, 0.717) is 16.2 Å². The van der Waals surface area contributed by atoms with E-state index in [0.717, 1.165) is 15.2 Å². The monoisotopic (exact) mass is 537 g/mol. The number of hydrogen-bond acceptors (Lipinski definition) is 10. The number of aliphatic hydroxyl groups excluding tert-OH is 2. The van der Waals surface area contributed by atoms with E-state index in [1.165, 1.54) is 34.9 Å². The van der Waals surface area contributed by atoms with Crippen LogP contribution in [0, 0.1) is 18.3 Å². The molecule has 3 heterocycles. The van der Waals surface area contributed by atoms with Crippen molar-refractivity contribution in [3.8, 4) is 16.8 Å². The number of thiazole rings is 1. The number of thioether (sulfide) groups is 1. The Bertz CT molecular complexity index is 1130. The van der Waals surface area contributed by atoms with Gasteiger partial charge in [0, 0.05) is 27.6 Å². The molecule has 0 spiro atoms. The quantitative estimate of drug-likeness (QED) is 0.487. The van der Waals surface area contributed by atoms with Crippen molar-refractivity contribution in [3.05, 3.63) is 45.5 Å². The predicted octanol–water partition coefficient (Wildman–Crippen LogP) is 2.77. The average Bonchev–Trinajstić information content (AvgIpc) is 3.43. The van der Waals surface area contributed by atoms with Crippen molar-refractivity contribution in [2.45, 2.75) is 41.6 Å². The molecule has 3 aromatic rings. The summed E-state index contributed by atoms with van der Waals surface area (Å²) in [6.45, 7) is 1.51. The van der Waals surface area contributed by atoms with Crippen LogP contribution >= 0.6 is 39.0 Å². The van der Waals surface area contributed by atoms with Crippen LogP contribution in [-0.2, 0) is 9.47 Å². The number of methoxy groups -OCH3 is 1. The first-order valence-corrected chi connectivity index (χ1v) is 12.2. The second-order valence-electron chi connectivity index (χ2n) is 7.15. The van der Waals surface area contributed by atoms with Crippen LogP contribution in [0.15, 0.2) is 39.1 Å². The molecule has 5 unspecified atom stereocenters. The van der Waals surface area contributed by atoms with Crippen LogP contribution in [0.3, 0.4) is 0 Å². The van der Waals surface area contributed by atoms with E-state index in [9.17, 15) is 15.5 Å². The number of hydrogen-bond donors (Lipinski definition) is 2. The summed E-state index contributed by atoms with van der Waals surface area (Å²) in [6, 6.07) is 6.83. The fourth-order valence-electron chi connectivity index (χ4n) is 3.51. The van der Waals surface area contributed by atoms with Crippen molar-refractivity contribution in [2.75, 3.05) is 13.7 Å². The first-order chi connectivity index (χ1) is 15.4. The average molecular weight is 538 g/mol. The topological polar surface area (TPSA) is 126 Å². The predicted molar refractivity (Wildman–Crippen MR) is 122 cm³/mol. The van der Waals surface area contributed by atoms with E-state index in [1.807, 2.05) is 18.4 Å². The molecular weight excluding hydrogens is 518 g/mol. The normalized spacial score (nSPS) is 25.6. The highest BCUT2D eigenvalue weighted by Gasteiger charge is 2.47. The number of rotatable bonds is 6. The number of nitrogens with zero attached hydrogens (tertiary/aromatic N) is 5. The Balaban J connectivity index is 1.68. The van der Waals surface area contributed by atoms with Gasteiger partial charge in [0.15, 0.2) is 0 Å².